The summed E-state index contributed by atoms with van der Waals surface area (Å²) in [6, 6.07) is 4.97. The van der Waals surface area contributed by atoms with Gasteiger partial charge in [0.25, 0.3) is 0 Å². The van der Waals surface area contributed by atoms with E-state index in [1.165, 1.54) is 0 Å². The second kappa shape index (κ2) is 5.88. The molecule has 0 bridgehead atoms. The van der Waals surface area contributed by atoms with E-state index in [1.807, 2.05) is 0 Å². The van der Waals surface area contributed by atoms with Gasteiger partial charge in [0.15, 0.2) is 0 Å². The highest BCUT2D eigenvalue weighted by atomic mass is 79.9. The van der Waals surface area contributed by atoms with E-state index in [9.17, 15) is 14.7 Å². The van der Waals surface area contributed by atoms with Crippen molar-refractivity contribution in [3.05, 3.63) is 28.5 Å². The molecule has 1 rings (SSSR count). The zero-order valence-corrected chi connectivity index (χ0v) is 13.1. The lowest BCUT2D eigenvalue weighted by Gasteiger charge is -2.27. The molecule has 0 fully saturated rings. The Balaban J connectivity index is 3.04. The maximum absolute atomic E-state index is 12.0. The first-order chi connectivity index (χ1) is 9.04. The number of nitrogens with two attached hydrogens (primary N) is 1. The number of aliphatic carboxylic acids is 1. The van der Waals surface area contributed by atoms with Gasteiger partial charge in [-0.3, -0.25) is 0 Å². The Kier molecular flexibility index (Phi) is 4.88. The molecule has 0 saturated heterocycles. The average Bonchev–Trinajstić information content (AvgIpc) is 2.26. The van der Waals surface area contributed by atoms with Crippen LogP contribution in [0.3, 0.4) is 0 Å². The number of aromatic nitrogens is 1. The zero-order valence-electron chi connectivity index (χ0n) is 11.5. The van der Waals surface area contributed by atoms with Crippen LogP contribution in [0.15, 0.2) is 22.8 Å². The van der Waals surface area contributed by atoms with E-state index in [4.69, 9.17) is 10.5 Å². The van der Waals surface area contributed by atoms with Crippen molar-refractivity contribution in [3.8, 4) is 0 Å². The largest absolute Gasteiger partial charge is 0.479 e. The van der Waals surface area contributed by atoms with Gasteiger partial charge in [0.05, 0.1) is 0 Å². The Bertz CT molecular complexity index is 527. The third-order valence-electron chi connectivity index (χ3n) is 2.38. The zero-order chi connectivity index (χ0) is 15.6. The maximum atomic E-state index is 12.0. The monoisotopic (exact) mass is 344 g/mol. The fourth-order valence-corrected chi connectivity index (χ4v) is 1.82. The molecule has 1 aromatic rings. The molecule has 1 heterocycles. The SMILES string of the molecule is CC(C)(C)OC(=O)C(N)(Cc1cccc(Br)n1)C(=O)O. The highest BCUT2D eigenvalue weighted by molar-refractivity contribution is 9.10. The van der Waals surface area contributed by atoms with Crippen LogP contribution in [0.1, 0.15) is 26.5 Å². The van der Waals surface area contributed by atoms with Crippen molar-refractivity contribution in [1.29, 1.82) is 0 Å². The molecule has 0 saturated carbocycles. The van der Waals surface area contributed by atoms with E-state index in [2.05, 4.69) is 20.9 Å². The summed E-state index contributed by atoms with van der Waals surface area (Å²) in [7, 11) is 0. The van der Waals surface area contributed by atoms with Crippen molar-refractivity contribution < 1.29 is 19.4 Å². The summed E-state index contributed by atoms with van der Waals surface area (Å²) in [6.45, 7) is 4.93. The summed E-state index contributed by atoms with van der Waals surface area (Å²) in [5, 5.41) is 9.27. The molecule has 0 amide bonds. The van der Waals surface area contributed by atoms with Crippen molar-refractivity contribution in [3.63, 3.8) is 0 Å². The van der Waals surface area contributed by atoms with Gasteiger partial charge in [-0.25, -0.2) is 14.6 Å². The molecule has 20 heavy (non-hydrogen) atoms. The number of carboxylic acids is 1. The van der Waals surface area contributed by atoms with Crippen molar-refractivity contribution in [2.75, 3.05) is 0 Å². The van der Waals surface area contributed by atoms with Crippen LogP contribution in [0.5, 0.6) is 0 Å². The number of hydrogen-bond donors (Lipinski definition) is 2. The van der Waals surface area contributed by atoms with Crippen molar-refractivity contribution in [1.82, 2.24) is 4.98 Å². The molecule has 6 nitrogen and oxygen atoms in total. The van der Waals surface area contributed by atoms with Gasteiger partial charge in [-0.2, -0.15) is 0 Å². The van der Waals surface area contributed by atoms with Gasteiger partial charge >= 0.3 is 11.9 Å². The van der Waals surface area contributed by atoms with Gasteiger partial charge in [-0.1, -0.05) is 6.07 Å². The molecule has 0 aliphatic heterocycles. The van der Waals surface area contributed by atoms with Gasteiger partial charge < -0.3 is 15.6 Å². The molecule has 0 spiro atoms. The van der Waals surface area contributed by atoms with E-state index >= 15 is 0 Å². The molecule has 7 heteroatoms. The first-order valence-electron chi connectivity index (χ1n) is 5.92. The summed E-state index contributed by atoms with van der Waals surface area (Å²) in [6.07, 6.45) is -0.253. The Labute approximate surface area is 125 Å². The number of hydrogen-bond acceptors (Lipinski definition) is 5. The summed E-state index contributed by atoms with van der Waals surface area (Å²) in [4.78, 5) is 27.5. The molecule has 0 aliphatic rings. The number of carboxylic acid groups (broad SMARTS) is 1. The maximum Gasteiger partial charge on any atom is 0.338 e. The minimum Gasteiger partial charge on any atom is -0.479 e. The second-order valence-electron chi connectivity index (χ2n) is 5.41. The predicted octanol–water partition coefficient (Wildman–Crippen LogP) is 1.51. The number of nitrogens with zero attached hydrogens (tertiary/aromatic N) is 1. The van der Waals surface area contributed by atoms with Gasteiger partial charge in [-0.15, -0.1) is 0 Å². The molecule has 0 aliphatic carbocycles. The molecule has 0 radical (unpaired) electrons. The lowest BCUT2D eigenvalue weighted by atomic mass is 9.94. The van der Waals surface area contributed by atoms with Gasteiger partial charge in [0.1, 0.15) is 10.2 Å². The molecular weight excluding hydrogens is 328 g/mol. The number of ether oxygens (including phenoxy) is 1. The van der Waals surface area contributed by atoms with Crippen LogP contribution in [0.4, 0.5) is 0 Å². The number of carbonyl (C=O) groups is 2. The van der Waals surface area contributed by atoms with Crippen LogP contribution in [-0.2, 0) is 20.7 Å². The summed E-state index contributed by atoms with van der Waals surface area (Å²) < 4.78 is 5.62. The van der Waals surface area contributed by atoms with Crippen LogP contribution < -0.4 is 5.73 Å². The number of esters is 1. The summed E-state index contributed by atoms with van der Waals surface area (Å²) in [5.74, 6) is -2.44. The molecule has 1 unspecified atom stereocenters. The van der Waals surface area contributed by atoms with Gasteiger partial charge in [-0.05, 0) is 48.8 Å². The number of halogens is 1. The first-order valence-corrected chi connectivity index (χ1v) is 6.71. The van der Waals surface area contributed by atoms with Crippen LogP contribution in [0.25, 0.3) is 0 Å². The highest BCUT2D eigenvalue weighted by Gasteiger charge is 2.46. The minimum absolute atomic E-state index is 0.253. The first kappa shape index (κ1) is 16.6. The number of pyridine rings is 1. The van der Waals surface area contributed by atoms with E-state index in [0.29, 0.717) is 10.3 Å². The molecule has 110 valence electrons. The average molecular weight is 345 g/mol. The summed E-state index contributed by atoms with van der Waals surface area (Å²) in [5.41, 5.74) is 3.15. The second-order valence-corrected chi connectivity index (χ2v) is 6.22. The smallest absolute Gasteiger partial charge is 0.338 e. The molecule has 0 aromatic carbocycles. The third-order valence-corrected chi connectivity index (χ3v) is 2.82. The van der Waals surface area contributed by atoms with Crippen LogP contribution in [-0.4, -0.2) is 33.2 Å². The molecule has 1 aromatic heterocycles. The summed E-state index contributed by atoms with van der Waals surface area (Å²) >= 11 is 3.18. The van der Waals surface area contributed by atoms with Crippen LogP contribution >= 0.6 is 15.9 Å². The fraction of sp³-hybridized carbons (Fsp3) is 0.462. The predicted molar refractivity (Wildman–Crippen MR) is 76.0 cm³/mol. The van der Waals surface area contributed by atoms with E-state index in [0.717, 1.165) is 0 Å². The van der Waals surface area contributed by atoms with E-state index in [-0.39, 0.29) is 6.42 Å². The lowest BCUT2D eigenvalue weighted by Crippen LogP contribution is -2.58. The topological polar surface area (TPSA) is 103 Å². The number of rotatable bonds is 4. The minimum atomic E-state index is -2.17. The van der Waals surface area contributed by atoms with Crippen molar-refractivity contribution in [2.45, 2.75) is 38.3 Å². The third kappa shape index (κ3) is 4.28. The lowest BCUT2D eigenvalue weighted by molar-refractivity contribution is -0.169. The number of carbonyl (C=O) groups excluding carboxylic acids is 1. The van der Waals surface area contributed by atoms with Crippen LogP contribution in [0, 0.1) is 0 Å². The van der Waals surface area contributed by atoms with E-state index in [1.54, 1.807) is 39.0 Å². The van der Waals surface area contributed by atoms with Crippen molar-refractivity contribution >= 4 is 27.9 Å². The van der Waals surface area contributed by atoms with Crippen molar-refractivity contribution in [2.24, 2.45) is 5.73 Å². The standard InChI is InChI=1S/C13H17BrN2O4/c1-12(2,3)20-11(19)13(15,10(17)18)7-8-5-4-6-9(14)16-8/h4-6H,7,15H2,1-3H3,(H,17,18). The highest BCUT2D eigenvalue weighted by Crippen LogP contribution is 2.18. The van der Waals surface area contributed by atoms with Crippen LogP contribution in [0.2, 0.25) is 0 Å². The Hall–Kier alpha value is -1.47. The Morgan fingerprint density at radius 2 is 2.00 bits per heavy atom. The fourth-order valence-electron chi connectivity index (χ4n) is 1.44. The van der Waals surface area contributed by atoms with E-state index < -0.39 is 23.1 Å². The van der Waals surface area contributed by atoms with Gasteiger partial charge in [0.2, 0.25) is 5.54 Å². The quantitative estimate of drug-likeness (QED) is 0.487. The molecular formula is C13H17BrN2O4. The normalized spacial score (nSPS) is 14.4. The Morgan fingerprint density at radius 1 is 1.40 bits per heavy atom. The van der Waals surface area contributed by atoms with Gasteiger partial charge in [0, 0.05) is 12.1 Å². The Morgan fingerprint density at radius 3 is 2.45 bits per heavy atom. The molecule has 1 atom stereocenters. The molecule has 3 N–H and O–H groups in total.